The van der Waals surface area contributed by atoms with Crippen LogP contribution in [0.15, 0.2) is 42.5 Å². The number of thioether (sulfide) groups is 1. The van der Waals surface area contributed by atoms with E-state index in [4.69, 9.17) is 11.6 Å². The second-order valence-corrected chi connectivity index (χ2v) is 7.73. The standard InChI is InChI=1S/C21H24ClN3O3S/c1-13-14(19(26)23-2)8-6-10-17(13)24-21(28)18(11-12-29-3)25-20(27)15-7-4-5-9-16(15)22/h4-10,18H,11-12H2,1-3H3,(H,23,26)(H,24,28)(H,25,27). The molecule has 0 aliphatic rings. The summed E-state index contributed by atoms with van der Waals surface area (Å²) in [5.74, 6) is -0.299. The third-order valence-corrected chi connectivity index (χ3v) is 5.39. The van der Waals surface area contributed by atoms with Crippen molar-refractivity contribution in [3.63, 3.8) is 0 Å². The molecule has 3 amide bonds. The van der Waals surface area contributed by atoms with E-state index >= 15 is 0 Å². The highest BCUT2D eigenvalue weighted by Gasteiger charge is 2.23. The Hall–Kier alpha value is -2.51. The minimum absolute atomic E-state index is 0.232. The number of carbonyl (C=O) groups is 3. The molecule has 2 aromatic carbocycles. The maximum absolute atomic E-state index is 12.9. The van der Waals surface area contributed by atoms with Gasteiger partial charge in [-0.2, -0.15) is 11.8 Å². The molecule has 0 spiro atoms. The first-order valence-corrected chi connectivity index (χ1v) is 10.8. The van der Waals surface area contributed by atoms with E-state index in [1.807, 2.05) is 6.26 Å². The lowest BCUT2D eigenvalue weighted by atomic mass is 10.1. The Morgan fingerprint density at radius 3 is 2.38 bits per heavy atom. The summed E-state index contributed by atoms with van der Waals surface area (Å²) in [4.78, 5) is 37.5. The molecule has 2 aromatic rings. The highest BCUT2D eigenvalue weighted by atomic mass is 35.5. The van der Waals surface area contributed by atoms with Gasteiger partial charge in [-0.05, 0) is 55.2 Å². The van der Waals surface area contributed by atoms with Gasteiger partial charge < -0.3 is 16.0 Å². The van der Waals surface area contributed by atoms with E-state index in [1.54, 1.807) is 68.2 Å². The first kappa shape index (κ1) is 22.8. The molecule has 0 aliphatic heterocycles. The Labute approximate surface area is 179 Å². The number of nitrogens with one attached hydrogen (secondary N) is 3. The molecule has 3 N–H and O–H groups in total. The van der Waals surface area contributed by atoms with Crippen molar-refractivity contribution < 1.29 is 14.4 Å². The predicted octanol–water partition coefficient (Wildman–Crippen LogP) is 3.50. The average molecular weight is 434 g/mol. The van der Waals surface area contributed by atoms with Gasteiger partial charge in [-0.15, -0.1) is 0 Å². The molecule has 0 saturated heterocycles. The van der Waals surface area contributed by atoms with Crippen molar-refractivity contribution in [2.45, 2.75) is 19.4 Å². The van der Waals surface area contributed by atoms with Crippen LogP contribution in [0.5, 0.6) is 0 Å². The summed E-state index contributed by atoms with van der Waals surface area (Å²) >= 11 is 7.68. The zero-order valence-corrected chi connectivity index (χ0v) is 18.1. The van der Waals surface area contributed by atoms with Crippen LogP contribution in [0.4, 0.5) is 5.69 Å². The summed E-state index contributed by atoms with van der Waals surface area (Å²) < 4.78 is 0. The Morgan fingerprint density at radius 2 is 1.72 bits per heavy atom. The monoisotopic (exact) mass is 433 g/mol. The number of carbonyl (C=O) groups excluding carboxylic acids is 3. The minimum atomic E-state index is -0.741. The van der Waals surface area contributed by atoms with Gasteiger partial charge in [0.1, 0.15) is 6.04 Å². The third kappa shape index (κ3) is 5.98. The average Bonchev–Trinajstić information content (AvgIpc) is 2.72. The van der Waals surface area contributed by atoms with Crippen molar-refractivity contribution in [3.05, 3.63) is 64.2 Å². The molecule has 0 heterocycles. The molecular formula is C21H24ClN3O3S. The van der Waals surface area contributed by atoms with Crippen molar-refractivity contribution in [1.82, 2.24) is 10.6 Å². The number of amides is 3. The van der Waals surface area contributed by atoms with Gasteiger partial charge in [-0.3, -0.25) is 14.4 Å². The quantitative estimate of drug-likeness (QED) is 0.594. The van der Waals surface area contributed by atoms with Gasteiger partial charge in [0.05, 0.1) is 10.6 Å². The number of hydrogen-bond donors (Lipinski definition) is 3. The Bertz CT molecular complexity index is 904. The van der Waals surface area contributed by atoms with E-state index in [9.17, 15) is 14.4 Å². The van der Waals surface area contributed by atoms with Crippen molar-refractivity contribution in [2.24, 2.45) is 0 Å². The number of hydrogen-bond acceptors (Lipinski definition) is 4. The van der Waals surface area contributed by atoms with Gasteiger partial charge in [-0.25, -0.2) is 0 Å². The predicted molar refractivity (Wildman–Crippen MR) is 119 cm³/mol. The zero-order chi connectivity index (χ0) is 21.4. The van der Waals surface area contributed by atoms with E-state index in [-0.39, 0.29) is 11.8 Å². The lowest BCUT2D eigenvalue weighted by Gasteiger charge is -2.20. The van der Waals surface area contributed by atoms with Crippen LogP contribution in [0.2, 0.25) is 5.02 Å². The topological polar surface area (TPSA) is 87.3 Å². The minimum Gasteiger partial charge on any atom is -0.355 e. The van der Waals surface area contributed by atoms with Gasteiger partial charge in [0.2, 0.25) is 5.91 Å². The SMILES string of the molecule is CNC(=O)c1cccc(NC(=O)C(CCSC)NC(=O)c2ccccc2Cl)c1C. The second-order valence-electron chi connectivity index (χ2n) is 6.33. The fraction of sp³-hybridized carbons (Fsp3) is 0.286. The number of halogens is 1. The number of benzene rings is 2. The summed E-state index contributed by atoms with van der Waals surface area (Å²) in [7, 11) is 1.55. The normalized spacial score (nSPS) is 11.4. The van der Waals surface area contributed by atoms with Gasteiger partial charge in [0, 0.05) is 18.3 Å². The smallest absolute Gasteiger partial charge is 0.253 e. The van der Waals surface area contributed by atoms with E-state index in [2.05, 4.69) is 16.0 Å². The molecule has 6 nitrogen and oxygen atoms in total. The van der Waals surface area contributed by atoms with Crippen LogP contribution in [0.3, 0.4) is 0 Å². The highest BCUT2D eigenvalue weighted by Crippen LogP contribution is 2.20. The van der Waals surface area contributed by atoms with Crippen molar-refractivity contribution >= 4 is 46.8 Å². The molecule has 0 radical (unpaired) electrons. The molecule has 0 fully saturated rings. The summed E-state index contributed by atoms with van der Waals surface area (Å²) in [5, 5.41) is 8.50. The molecule has 0 aromatic heterocycles. The van der Waals surface area contributed by atoms with E-state index < -0.39 is 11.9 Å². The summed E-state index contributed by atoms with van der Waals surface area (Å²) in [6, 6.07) is 11.1. The van der Waals surface area contributed by atoms with Crippen LogP contribution in [-0.2, 0) is 4.79 Å². The molecule has 29 heavy (non-hydrogen) atoms. The number of rotatable bonds is 8. The molecule has 154 valence electrons. The lowest BCUT2D eigenvalue weighted by Crippen LogP contribution is -2.44. The van der Waals surface area contributed by atoms with Crippen LogP contribution >= 0.6 is 23.4 Å². The van der Waals surface area contributed by atoms with Crippen LogP contribution in [0.1, 0.15) is 32.7 Å². The Morgan fingerprint density at radius 1 is 1.03 bits per heavy atom. The van der Waals surface area contributed by atoms with Crippen molar-refractivity contribution in [1.29, 1.82) is 0 Å². The maximum Gasteiger partial charge on any atom is 0.253 e. The Balaban J connectivity index is 2.20. The lowest BCUT2D eigenvalue weighted by molar-refractivity contribution is -0.118. The molecule has 0 saturated carbocycles. The fourth-order valence-electron chi connectivity index (χ4n) is 2.76. The summed E-state index contributed by atoms with van der Waals surface area (Å²) in [5.41, 5.74) is 1.97. The maximum atomic E-state index is 12.9. The Kier molecular flexibility index (Phi) is 8.54. The van der Waals surface area contributed by atoms with Crippen molar-refractivity contribution in [2.75, 3.05) is 24.4 Å². The molecule has 1 atom stereocenters. The molecule has 8 heteroatoms. The largest absolute Gasteiger partial charge is 0.355 e. The van der Waals surface area contributed by atoms with Crippen LogP contribution in [0.25, 0.3) is 0 Å². The zero-order valence-electron chi connectivity index (χ0n) is 16.5. The van der Waals surface area contributed by atoms with Crippen LogP contribution in [-0.4, -0.2) is 42.8 Å². The molecule has 0 bridgehead atoms. The van der Waals surface area contributed by atoms with E-state index in [1.165, 1.54) is 0 Å². The third-order valence-electron chi connectivity index (χ3n) is 4.41. The summed E-state index contributed by atoms with van der Waals surface area (Å²) in [6.45, 7) is 1.76. The van der Waals surface area contributed by atoms with Crippen LogP contribution in [0, 0.1) is 6.92 Å². The molecule has 2 rings (SSSR count). The van der Waals surface area contributed by atoms with Gasteiger partial charge in [-0.1, -0.05) is 29.8 Å². The van der Waals surface area contributed by atoms with Crippen LogP contribution < -0.4 is 16.0 Å². The van der Waals surface area contributed by atoms with E-state index in [0.29, 0.717) is 39.6 Å². The molecule has 1 unspecified atom stereocenters. The fourth-order valence-corrected chi connectivity index (χ4v) is 3.45. The van der Waals surface area contributed by atoms with Crippen molar-refractivity contribution in [3.8, 4) is 0 Å². The second kappa shape index (κ2) is 10.9. The van der Waals surface area contributed by atoms with Gasteiger partial charge >= 0.3 is 0 Å². The number of anilines is 1. The van der Waals surface area contributed by atoms with E-state index in [0.717, 1.165) is 0 Å². The first-order valence-electron chi connectivity index (χ1n) is 9.06. The highest BCUT2D eigenvalue weighted by molar-refractivity contribution is 7.98. The van der Waals surface area contributed by atoms with Gasteiger partial charge in [0.15, 0.2) is 0 Å². The van der Waals surface area contributed by atoms with Gasteiger partial charge in [0.25, 0.3) is 11.8 Å². The first-order chi connectivity index (χ1) is 13.9. The molecule has 0 aliphatic carbocycles. The summed E-state index contributed by atoms with van der Waals surface area (Å²) in [6.07, 6.45) is 2.39. The molecular weight excluding hydrogens is 410 g/mol.